The minimum absolute atomic E-state index is 0.635. The molecule has 20 heavy (non-hydrogen) atoms. The SMILES string of the molecule is COc1cccc(-c2n[nH]c(-c3ccc(N)cc3)n2)c1. The van der Waals surface area contributed by atoms with Gasteiger partial charge < -0.3 is 10.5 Å². The van der Waals surface area contributed by atoms with E-state index in [-0.39, 0.29) is 0 Å². The van der Waals surface area contributed by atoms with Gasteiger partial charge in [-0.05, 0) is 36.4 Å². The van der Waals surface area contributed by atoms with Crippen LogP contribution in [-0.4, -0.2) is 22.3 Å². The van der Waals surface area contributed by atoms with E-state index >= 15 is 0 Å². The van der Waals surface area contributed by atoms with Crippen molar-refractivity contribution in [3.8, 4) is 28.5 Å². The summed E-state index contributed by atoms with van der Waals surface area (Å²) in [6.07, 6.45) is 0. The van der Waals surface area contributed by atoms with Gasteiger partial charge in [-0.2, -0.15) is 5.10 Å². The van der Waals surface area contributed by atoms with E-state index < -0.39 is 0 Å². The van der Waals surface area contributed by atoms with Crippen molar-refractivity contribution in [1.82, 2.24) is 15.2 Å². The molecule has 0 aliphatic carbocycles. The van der Waals surface area contributed by atoms with E-state index in [0.29, 0.717) is 11.6 Å². The van der Waals surface area contributed by atoms with E-state index in [1.54, 1.807) is 7.11 Å². The molecule has 2 aromatic carbocycles. The fraction of sp³-hybridized carbons (Fsp3) is 0.0667. The van der Waals surface area contributed by atoms with Crippen molar-refractivity contribution in [3.05, 3.63) is 48.5 Å². The molecular formula is C15H14N4O. The summed E-state index contributed by atoms with van der Waals surface area (Å²) in [5.41, 5.74) is 8.25. The largest absolute Gasteiger partial charge is 0.497 e. The summed E-state index contributed by atoms with van der Waals surface area (Å²) < 4.78 is 5.20. The van der Waals surface area contributed by atoms with Crippen molar-refractivity contribution >= 4 is 5.69 Å². The van der Waals surface area contributed by atoms with E-state index in [9.17, 15) is 0 Å². The first-order valence-corrected chi connectivity index (χ1v) is 6.19. The van der Waals surface area contributed by atoms with Crippen molar-refractivity contribution in [2.45, 2.75) is 0 Å². The highest BCUT2D eigenvalue weighted by molar-refractivity contribution is 5.63. The fourth-order valence-electron chi connectivity index (χ4n) is 1.92. The fourth-order valence-corrected chi connectivity index (χ4v) is 1.92. The lowest BCUT2D eigenvalue weighted by Gasteiger charge is -2.00. The van der Waals surface area contributed by atoms with E-state index in [4.69, 9.17) is 10.5 Å². The van der Waals surface area contributed by atoms with Gasteiger partial charge in [-0.3, -0.25) is 5.10 Å². The number of aromatic amines is 1. The van der Waals surface area contributed by atoms with Crippen LogP contribution in [0, 0.1) is 0 Å². The first-order valence-electron chi connectivity index (χ1n) is 6.19. The van der Waals surface area contributed by atoms with Crippen LogP contribution in [0.3, 0.4) is 0 Å². The molecular weight excluding hydrogens is 252 g/mol. The molecule has 0 amide bonds. The Morgan fingerprint density at radius 2 is 1.85 bits per heavy atom. The lowest BCUT2D eigenvalue weighted by molar-refractivity contribution is 0.415. The molecule has 0 saturated carbocycles. The number of ether oxygens (including phenoxy) is 1. The van der Waals surface area contributed by atoms with Crippen molar-refractivity contribution in [2.75, 3.05) is 12.8 Å². The monoisotopic (exact) mass is 266 g/mol. The molecule has 0 fully saturated rings. The van der Waals surface area contributed by atoms with Crippen LogP contribution in [0.4, 0.5) is 5.69 Å². The lowest BCUT2D eigenvalue weighted by atomic mass is 10.2. The average Bonchev–Trinajstić information content (AvgIpc) is 2.98. The van der Waals surface area contributed by atoms with Crippen LogP contribution in [0.2, 0.25) is 0 Å². The number of H-pyrrole nitrogens is 1. The minimum atomic E-state index is 0.635. The third kappa shape index (κ3) is 2.33. The number of rotatable bonds is 3. The number of nitrogens with zero attached hydrogens (tertiary/aromatic N) is 2. The van der Waals surface area contributed by atoms with Crippen LogP contribution >= 0.6 is 0 Å². The maximum absolute atomic E-state index is 5.67. The summed E-state index contributed by atoms with van der Waals surface area (Å²) in [6.45, 7) is 0. The highest BCUT2D eigenvalue weighted by atomic mass is 16.5. The molecule has 5 nitrogen and oxygen atoms in total. The van der Waals surface area contributed by atoms with E-state index in [1.165, 1.54) is 0 Å². The summed E-state index contributed by atoms with van der Waals surface area (Å²) in [5.74, 6) is 2.12. The van der Waals surface area contributed by atoms with Crippen LogP contribution in [0.15, 0.2) is 48.5 Å². The number of hydrogen-bond acceptors (Lipinski definition) is 4. The molecule has 0 spiro atoms. The molecule has 0 aliphatic heterocycles. The Labute approximate surface area is 116 Å². The number of hydrogen-bond donors (Lipinski definition) is 2. The van der Waals surface area contributed by atoms with Crippen LogP contribution in [0.5, 0.6) is 5.75 Å². The molecule has 1 aromatic heterocycles. The zero-order valence-electron chi connectivity index (χ0n) is 11.0. The van der Waals surface area contributed by atoms with Crippen molar-refractivity contribution < 1.29 is 4.74 Å². The molecule has 0 saturated heterocycles. The zero-order valence-corrected chi connectivity index (χ0v) is 11.0. The maximum Gasteiger partial charge on any atom is 0.181 e. The summed E-state index contributed by atoms with van der Waals surface area (Å²) in [5, 5.41) is 7.17. The first kappa shape index (κ1) is 12.2. The van der Waals surface area contributed by atoms with Crippen molar-refractivity contribution in [3.63, 3.8) is 0 Å². The molecule has 0 unspecified atom stereocenters. The molecule has 3 N–H and O–H groups in total. The lowest BCUT2D eigenvalue weighted by Crippen LogP contribution is -1.86. The second-order valence-electron chi connectivity index (χ2n) is 4.36. The van der Waals surface area contributed by atoms with Gasteiger partial charge in [0.2, 0.25) is 0 Å². The Hall–Kier alpha value is -2.82. The summed E-state index contributed by atoms with van der Waals surface area (Å²) in [4.78, 5) is 4.49. The first-order chi connectivity index (χ1) is 9.76. The average molecular weight is 266 g/mol. The number of nitrogen functional groups attached to an aromatic ring is 1. The molecule has 3 rings (SSSR count). The summed E-state index contributed by atoms with van der Waals surface area (Å²) in [7, 11) is 1.64. The summed E-state index contributed by atoms with van der Waals surface area (Å²) in [6, 6.07) is 15.1. The molecule has 0 atom stereocenters. The number of nitrogens with two attached hydrogens (primary N) is 1. The predicted octanol–water partition coefficient (Wildman–Crippen LogP) is 2.73. The Bertz CT molecular complexity index is 719. The Balaban J connectivity index is 1.95. The Morgan fingerprint density at radius 3 is 2.60 bits per heavy atom. The Morgan fingerprint density at radius 1 is 1.05 bits per heavy atom. The molecule has 0 aliphatic rings. The molecule has 3 aromatic rings. The highest BCUT2D eigenvalue weighted by Crippen LogP contribution is 2.23. The number of anilines is 1. The topological polar surface area (TPSA) is 76.8 Å². The minimum Gasteiger partial charge on any atom is -0.497 e. The number of methoxy groups -OCH3 is 1. The van der Waals surface area contributed by atoms with Crippen LogP contribution in [-0.2, 0) is 0 Å². The van der Waals surface area contributed by atoms with Gasteiger partial charge >= 0.3 is 0 Å². The summed E-state index contributed by atoms with van der Waals surface area (Å²) >= 11 is 0. The second kappa shape index (κ2) is 5.05. The maximum atomic E-state index is 5.67. The van der Waals surface area contributed by atoms with Crippen LogP contribution < -0.4 is 10.5 Å². The molecule has 5 heteroatoms. The zero-order chi connectivity index (χ0) is 13.9. The normalized spacial score (nSPS) is 10.4. The number of benzene rings is 2. The van der Waals surface area contributed by atoms with Gasteiger partial charge in [0.05, 0.1) is 7.11 Å². The third-order valence-electron chi connectivity index (χ3n) is 3.00. The van der Waals surface area contributed by atoms with Crippen molar-refractivity contribution in [1.29, 1.82) is 0 Å². The standard InChI is InChI=1S/C15H14N4O/c1-20-13-4-2-3-11(9-13)15-17-14(18-19-15)10-5-7-12(16)8-6-10/h2-9H,16H2,1H3,(H,17,18,19). The Kier molecular flexibility index (Phi) is 3.09. The second-order valence-corrected chi connectivity index (χ2v) is 4.36. The van der Waals surface area contributed by atoms with Gasteiger partial charge in [0.15, 0.2) is 11.6 Å². The van der Waals surface area contributed by atoms with Gasteiger partial charge in [-0.15, -0.1) is 0 Å². The quantitative estimate of drug-likeness (QED) is 0.715. The van der Waals surface area contributed by atoms with E-state index in [0.717, 1.165) is 22.6 Å². The molecule has 100 valence electrons. The van der Waals surface area contributed by atoms with E-state index in [2.05, 4.69) is 15.2 Å². The molecule has 0 radical (unpaired) electrons. The van der Waals surface area contributed by atoms with Gasteiger partial charge in [0.25, 0.3) is 0 Å². The molecule has 0 bridgehead atoms. The van der Waals surface area contributed by atoms with Crippen LogP contribution in [0.25, 0.3) is 22.8 Å². The smallest absolute Gasteiger partial charge is 0.181 e. The van der Waals surface area contributed by atoms with E-state index in [1.807, 2.05) is 48.5 Å². The molecule has 1 heterocycles. The third-order valence-corrected chi connectivity index (χ3v) is 3.00. The van der Waals surface area contributed by atoms with Crippen LogP contribution in [0.1, 0.15) is 0 Å². The number of nitrogens with one attached hydrogen (secondary N) is 1. The highest BCUT2D eigenvalue weighted by Gasteiger charge is 2.08. The van der Waals surface area contributed by atoms with Gasteiger partial charge in [-0.25, -0.2) is 4.98 Å². The van der Waals surface area contributed by atoms with Gasteiger partial charge in [0, 0.05) is 16.8 Å². The van der Waals surface area contributed by atoms with Crippen molar-refractivity contribution in [2.24, 2.45) is 0 Å². The van der Waals surface area contributed by atoms with Gasteiger partial charge in [-0.1, -0.05) is 12.1 Å². The van der Waals surface area contributed by atoms with Gasteiger partial charge in [0.1, 0.15) is 5.75 Å². The number of aromatic nitrogens is 3. The predicted molar refractivity (Wildman–Crippen MR) is 78.2 cm³/mol.